The molecule has 1 saturated heterocycles. The number of amides is 2. The van der Waals surface area contributed by atoms with Crippen molar-refractivity contribution in [3.8, 4) is 0 Å². The maximum absolute atomic E-state index is 13.0. The predicted octanol–water partition coefficient (Wildman–Crippen LogP) is 2.47. The van der Waals surface area contributed by atoms with E-state index in [1.54, 1.807) is 6.92 Å². The summed E-state index contributed by atoms with van der Waals surface area (Å²) in [5.41, 5.74) is 5.15. The minimum absolute atomic E-state index is 0. The molecule has 1 aromatic carbocycles. The Morgan fingerprint density at radius 1 is 1.39 bits per heavy atom. The second kappa shape index (κ2) is 7.88. The lowest BCUT2D eigenvalue weighted by atomic mass is 9.90. The van der Waals surface area contributed by atoms with Gasteiger partial charge in [0.25, 0.3) is 0 Å². The van der Waals surface area contributed by atoms with E-state index in [4.69, 9.17) is 5.73 Å². The Bertz CT molecular complexity index is 774. The number of alkyl halides is 3. The minimum Gasteiger partial charge on any atom is -0.330 e. The van der Waals surface area contributed by atoms with E-state index < -0.39 is 23.7 Å². The molecule has 0 aromatic heterocycles. The van der Waals surface area contributed by atoms with Crippen molar-refractivity contribution in [3.05, 3.63) is 23.8 Å². The fourth-order valence-corrected chi connectivity index (χ4v) is 3.60. The van der Waals surface area contributed by atoms with Gasteiger partial charge < -0.3 is 11.1 Å². The summed E-state index contributed by atoms with van der Waals surface area (Å²) >= 11 is 0. The molecule has 1 aromatic rings. The number of fused-ring (bicyclic) bond motifs is 1. The average molecular weight is 421 g/mol. The number of likely N-dealkylation sites (tertiary alicyclic amines) is 1. The molecule has 2 unspecified atom stereocenters. The lowest BCUT2D eigenvalue weighted by Gasteiger charge is -2.34. The van der Waals surface area contributed by atoms with E-state index in [0.29, 0.717) is 19.6 Å². The second-order valence-corrected chi connectivity index (χ2v) is 7.61. The second-order valence-electron chi connectivity index (χ2n) is 7.61. The summed E-state index contributed by atoms with van der Waals surface area (Å²) < 4.78 is 38.8. The molecule has 2 aliphatic rings. The molecule has 10 heteroatoms. The fourth-order valence-electron chi connectivity index (χ4n) is 3.60. The van der Waals surface area contributed by atoms with Crippen LogP contribution in [0.25, 0.3) is 0 Å². The number of hydrogen-bond donors (Lipinski definition) is 2. The van der Waals surface area contributed by atoms with Gasteiger partial charge in [0.15, 0.2) is 0 Å². The van der Waals surface area contributed by atoms with E-state index in [1.165, 1.54) is 11.0 Å². The molecule has 3 N–H and O–H groups in total. The Morgan fingerprint density at radius 2 is 2.07 bits per heavy atom. The van der Waals surface area contributed by atoms with Crippen molar-refractivity contribution in [3.63, 3.8) is 0 Å². The number of nitrogens with two attached hydrogens (primary N) is 1. The highest BCUT2D eigenvalue weighted by molar-refractivity contribution is 6.11. The maximum Gasteiger partial charge on any atom is 0.416 e. The molecule has 156 valence electrons. The van der Waals surface area contributed by atoms with Crippen molar-refractivity contribution in [2.24, 2.45) is 11.1 Å². The summed E-state index contributed by atoms with van der Waals surface area (Å²) in [4.78, 5) is 28.3. The Balaban J connectivity index is 0.00000280. The third-order valence-corrected chi connectivity index (χ3v) is 5.44. The van der Waals surface area contributed by atoms with Crippen LogP contribution in [0.4, 0.5) is 24.5 Å². The molecule has 2 heterocycles. The van der Waals surface area contributed by atoms with Crippen LogP contribution in [-0.2, 0) is 15.8 Å². The molecule has 0 radical (unpaired) electrons. The standard InChI is InChI=1S/C18H23F3N4O2.ClH/c1-11(24-6-5-17(2,9-22)10-24)16(27)25-8-15(26)23-13-7-12(18(19,20)21)3-4-14(13)25;/h3-4,7,11H,5-6,8-10,22H2,1-2H3,(H,23,26);1H. The largest absolute Gasteiger partial charge is 0.416 e. The van der Waals surface area contributed by atoms with Gasteiger partial charge in [-0.3, -0.25) is 19.4 Å². The smallest absolute Gasteiger partial charge is 0.330 e. The van der Waals surface area contributed by atoms with Crippen LogP contribution >= 0.6 is 12.4 Å². The lowest BCUT2D eigenvalue weighted by molar-refractivity contribution is -0.137. The molecule has 6 nitrogen and oxygen atoms in total. The van der Waals surface area contributed by atoms with Gasteiger partial charge in [-0.25, -0.2) is 0 Å². The van der Waals surface area contributed by atoms with E-state index >= 15 is 0 Å². The van der Waals surface area contributed by atoms with E-state index in [9.17, 15) is 22.8 Å². The first kappa shape index (κ1) is 22.4. The van der Waals surface area contributed by atoms with Crippen LogP contribution in [0, 0.1) is 5.41 Å². The Hall–Kier alpha value is -1.84. The Morgan fingerprint density at radius 3 is 2.64 bits per heavy atom. The van der Waals surface area contributed by atoms with Crippen molar-refractivity contribution in [1.82, 2.24) is 4.90 Å². The predicted molar refractivity (Wildman–Crippen MR) is 102 cm³/mol. The monoisotopic (exact) mass is 420 g/mol. The minimum atomic E-state index is -4.53. The summed E-state index contributed by atoms with van der Waals surface area (Å²) in [6.07, 6.45) is -3.66. The summed E-state index contributed by atoms with van der Waals surface area (Å²) in [6.45, 7) is 5.48. The van der Waals surface area contributed by atoms with Gasteiger partial charge in [-0.1, -0.05) is 6.92 Å². The number of benzene rings is 1. The third-order valence-electron chi connectivity index (χ3n) is 5.44. The van der Waals surface area contributed by atoms with E-state index in [2.05, 4.69) is 12.2 Å². The van der Waals surface area contributed by atoms with Gasteiger partial charge in [-0.05, 0) is 50.0 Å². The highest BCUT2D eigenvalue weighted by Gasteiger charge is 2.40. The fraction of sp³-hybridized carbons (Fsp3) is 0.556. The van der Waals surface area contributed by atoms with Crippen LogP contribution in [0.1, 0.15) is 25.8 Å². The zero-order valence-electron chi connectivity index (χ0n) is 15.7. The van der Waals surface area contributed by atoms with Crippen molar-refractivity contribution < 1.29 is 22.8 Å². The number of anilines is 2. The summed E-state index contributed by atoms with van der Waals surface area (Å²) in [6, 6.07) is 2.51. The molecule has 28 heavy (non-hydrogen) atoms. The summed E-state index contributed by atoms with van der Waals surface area (Å²) in [5, 5.41) is 2.42. The molecule has 1 fully saturated rings. The first-order valence-electron chi connectivity index (χ1n) is 8.81. The van der Waals surface area contributed by atoms with Crippen LogP contribution in [0.5, 0.6) is 0 Å². The Kier molecular flexibility index (Phi) is 6.32. The van der Waals surface area contributed by atoms with Gasteiger partial charge in [-0.15, -0.1) is 12.4 Å². The Labute approximate surface area is 167 Å². The SMILES string of the molecule is CC(C(=O)N1CC(=O)Nc2cc(C(F)(F)F)ccc21)N1CCC(C)(CN)C1.Cl. The molecular weight excluding hydrogens is 397 g/mol. The molecule has 2 aliphatic heterocycles. The number of carbonyl (C=O) groups is 2. The van der Waals surface area contributed by atoms with Crippen molar-refractivity contribution in [2.75, 3.05) is 36.4 Å². The average Bonchev–Trinajstić information content (AvgIpc) is 3.01. The van der Waals surface area contributed by atoms with Crippen LogP contribution in [0.3, 0.4) is 0 Å². The van der Waals surface area contributed by atoms with Crippen LogP contribution in [-0.4, -0.2) is 48.9 Å². The topological polar surface area (TPSA) is 78.7 Å². The van der Waals surface area contributed by atoms with Crippen LogP contribution in [0.15, 0.2) is 18.2 Å². The van der Waals surface area contributed by atoms with Crippen molar-refractivity contribution in [2.45, 2.75) is 32.5 Å². The van der Waals surface area contributed by atoms with E-state index in [-0.39, 0.29) is 41.6 Å². The molecule has 0 aliphatic carbocycles. The van der Waals surface area contributed by atoms with Gasteiger partial charge in [0.1, 0.15) is 6.54 Å². The third kappa shape index (κ3) is 4.26. The normalized spacial score (nSPS) is 23.6. The highest BCUT2D eigenvalue weighted by Crippen LogP contribution is 2.37. The van der Waals surface area contributed by atoms with Gasteiger partial charge in [0.2, 0.25) is 11.8 Å². The molecule has 0 saturated carbocycles. The van der Waals surface area contributed by atoms with Gasteiger partial charge in [0, 0.05) is 6.54 Å². The number of hydrogen-bond acceptors (Lipinski definition) is 4. The van der Waals surface area contributed by atoms with Gasteiger partial charge in [-0.2, -0.15) is 13.2 Å². The number of rotatable bonds is 3. The lowest BCUT2D eigenvalue weighted by Crippen LogP contribution is -2.51. The van der Waals surface area contributed by atoms with Crippen LogP contribution < -0.4 is 16.0 Å². The summed E-state index contributed by atoms with van der Waals surface area (Å²) in [5.74, 6) is -0.831. The van der Waals surface area contributed by atoms with Crippen molar-refractivity contribution >= 4 is 35.6 Å². The molecule has 0 bridgehead atoms. The highest BCUT2D eigenvalue weighted by atomic mass is 35.5. The van der Waals surface area contributed by atoms with E-state index in [0.717, 1.165) is 18.6 Å². The number of nitrogens with one attached hydrogen (secondary N) is 1. The number of halogens is 4. The first-order chi connectivity index (χ1) is 12.5. The van der Waals surface area contributed by atoms with Gasteiger partial charge >= 0.3 is 6.18 Å². The zero-order chi connectivity index (χ0) is 20.0. The first-order valence-corrected chi connectivity index (χ1v) is 8.81. The summed E-state index contributed by atoms with van der Waals surface area (Å²) in [7, 11) is 0. The zero-order valence-corrected chi connectivity index (χ0v) is 16.5. The molecule has 3 rings (SSSR count). The molecular formula is C18H24ClF3N4O2. The number of carbonyl (C=O) groups excluding carboxylic acids is 2. The van der Waals surface area contributed by atoms with Crippen molar-refractivity contribution in [1.29, 1.82) is 0 Å². The molecule has 0 spiro atoms. The van der Waals surface area contributed by atoms with E-state index in [1.807, 2.05) is 4.90 Å². The van der Waals surface area contributed by atoms with Gasteiger partial charge in [0.05, 0.1) is 23.0 Å². The van der Waals surface area contributed by atoms with Crippen LogP contribution in [0.2, 0.25) is 0 Å². The molecule has 2 amide bonds. The maximum atomic E-state index is 13.0. The number of nitrogens with zero attached hydrogens (tertiary/aromatic N) is 2. The quantitative estimate of drug-likeness (QED) is 0.787. The molecule has 2 atom stereocenters.